The van der Waals surface area contributed by atoms with Gasteiger partial charge in [0.1, 0.15) is 11.8 Å². The number of rotatable bonds is 4. The number of hydrogen-bond acceptors (Lipinski definition) is 4. The van der Waals surface area contributed by atoms with Gasteiger partial charge >= 0.3 is 0 Å². The van der Waals surface area contributed by atoms with Crippen LogP contribution in [-0.4, -0.2) is 64.9 Å². The van der Waals surface area contributed by atoms with Crippen LogP contribution in [0.2, 0.25) is 5.02 Å². The Labute approximate surface area is 154 Å². The van der Waals surface area contributed by atoms with Gasteiger partial charge in [-0.3, -0.25) is 0 Å². The highest BCUT2D eigenvalue weighted by Crippen LogP contribution is 2.13. The van der Waals surface area contributed by atoms with E-state index in [1.165, 1.54) is 14.6 Å². The average Bonchev–Trinajstić information content (AvgIpc) is 2.94. The van der Waals surface area contributed by atoms with E-state index in [0.29, 0.717) is 37.6 Å². The third kappa shape index (κ3) is 4.83. The number of quaternary nitrogens is 1. The minimum atomic E-state index is -3.47. The summed E-state index contributed by atoms with van der Waals surface area (Å²) in [4.78, 5) is 1.20. The minimum Gasteiger partial charge on any atom is -0.329 e. The molecule has 2 aliphatic heterocycles. The number of nitrogens with one attached hydrogen (secondary N) is 1. The number of piperazine rings is 1. The molecular weight excluding hydrogens is 384 g/mol. The topological polar surface area (TPSA) is 76.0 Å². The Morgan fingerprint density at radius 1 is 1.16 bits per heavy atom. The monoisotopic (exact) mass is 405 g/mol. The fraction of sp³-hybridized carbons (Fsp3) is 0.500. The summed E-state index contributed by atoms with van der Waals surface area (Å²) in [6, 6.07) is 7.06. The van der Waals surface area contributed by atoms with Gasteiger partial charge in [0.05, 0.1) is 31.9 Å². The van der Waals surface area contributed by atoms with Gasteiger partial charge in [-0.1, -0.05) is 23.7 Å². The average molecular weight is 406 g/mol. The molecule has 1 aromatic carbocycles. The van der Waals surface area contributed by atoms with Crippen molar-refractivity contribution in [3.05, 3.63) is 40.3 Å². The van der Waals surface area contributed by atoms with Crippen LogP contribution in [0.1, 0.15) is 12.0 Å². The van der Waals surface area contributed by atoms with Crippen molar-refractivity contribution in [3.8, 4) is 0 Å². The van der Waals surface area contributed by atoms with E-state index >= 15 is 0 Å². The molecular formula is C16H22ClN2O4S2+. The highest BCUT2D eigenvalue weighted by atomic mass is 35.5. The van der Waals surface area contributed by atoms with Gasteiger partial charge in [-0.2, -0.15) is 4.31 Å². The van der Waals surface area contributed by atoms with Gasteiger partial charge in [0.15, 0.2) is 9.84 Å². The molecule has 0 spiro atoms. The second kappa shape index (κ2) is 7.36. The van der Waals surface area contributed by atoms with Crippen molar-refractivity contribution in [2.75, 3.05) is 37.7 Å². The van der Waals surface area contributed by atoms with E-state index < -0.39 is 19.9 Å². The standard InChI is InChI=1S/C16H21ClN2O4S2/c17-15-3-1-14(2-4-15)5-12-25(22,23)19-9-7-18(8-10-19)16-6-11-24(20,21)13-16/h1-5,12,16H,6-11,13H2/p+1/b12-5+/t16-/m0/s1. The third-order valence-corrected chi connectivity index (χ3v) is 8.42. The van der Waals surface area contributed by atoms with Crippen molar-refractivity contribution in [1.29, 1.82) is 0 Å². The van der Waals surface area contributed by atoms with Crippen LogP contribution in [0.3, 0.4) is 0 Å². The van der Waals surface area contributed by atoms with E-state index in [9.17, 15) is 16.8 Å². The Balaban J connectivity index is 1.59. The molecule has 2 heterocycles. The first-order chi connectivity index (χ1) is 11.8. The van der Waals surface area contributed by atoms with Crippen LogP contribution in [0.5, 0.6) is 0 Å². The van der Waals surface area contributed by atoms with E-state index in [-0.39, 0.29) is 17.5 Å². The molecule has 1 aromatic rings. The highest BCUT2D eigenvalue weighted by molar-refractivity contribution is 7.92. The number of hydrogen-bond donors (Lipinski definition) is 1. The van der Waals surface area contributed by atoms with Crippen LogP contribution in [0, 0.1) is 0 Å². The zero-order valence-electron chi connectivity index (χ0n) is 13.8. The molecule has 9 heteroatoms. The van der Waals surface area contributed by atoms with Crippen molar-refractivity contribution in [2.45, 2.75) is 12.5 Å². The van der Waals surface area contributed by atoms with Crippen molar-refractivity contribution < 1.29 is 21.7 Å². The zero-order chi connectivity index (χ0) is 18.1. The van der Waals surface area contributed by atoms with Crippen molar-refractivity contribution in [3.63, 3.8) is 0 Å². The summed E-state index contributed by atoms with van der Waals surface area (Å²) in [5.74, 6) is 0.485. The molecule has 0 unspecified atom stereocenters. The molecule has 0 saturated carbocycles. The molecule has 1 atom stereocenters. The summed E-state index contributed by atoms with van der Waals surface area (Å²) in [6.07, 6.45) is 2.25. The zero-order valence-corrected chi connectivity index (χ0v) is 16.2. The van der Waals surface area contributed by atoms with Gasteiger partial charge in [0.2, 0.25) is 10.0 Å². The van der Waals surface area contributed by atoms with Gasteiger partial charge in [-0.05, 0) is 23.8 Å². The predicted octanol–water partition coefficient (Wildman–Crippen LogP) is 0.0281. The molecule has 0 aromatic heterocycles. The van der Waals surface area contributed by atoms with Crippen LogP contribution in [0.15, 0.2) is 29.7 Å². The van der Waals surface area contributed by atoms with E-state index in [2.05, 4.69) is 0 Å². The molecule has 0 bridgehead atoms. The van der Waals surface area contributed by atoms with Gasteiger partial charge in [-0.25, -0.2) is 16.8 Å². The summed E-state index contributed by atoms with van der Waals surface area (Å²) < 4.78 is 49.6. The second-order valence-corrected chi connectivity index (χ2v) is 11.0. The van der Waals surface area contributed by atoms with E-state index in [1.807, 2.05) is 0 Å². The second-order valence-electron chi connectivity index (χ2n) is 6.56. The van der Waals surface area contributed by atoms with Gasteiger partial charge in [-0.15, -0.1) is 0 Å². The molecule has 0 radical (unpaired) electrons. The molecule has 6 nitrogen and oxygen atoms in total. The van der Waals surface area contributed by atoms with E-state index in [1.54, 1.807) is 30.3 Å². The Morgan fingerprint density at radius 2 is 1.80 bits per heavy atom. The van der Waals surface area contributed by atoms with Crippen molar-refractivity contribution in [2.24, 2.45) is 0 Å². The maximum atomic E-state index is 12.5. The molecule has 25 heavy (non-hydrogen) atoms. The van der Waals surface area contributed by atoms with Crippen LogP contribution in [0.25, 0.3) is 6.08 Å². The van der Waals surface area contributed by atoms with E-state index in [0.717, 1.165) is 5.56 Å². The summed E-state index contributed by atoms with van der Waals surface area (Å²) in [5, 5.41) is 1.83. The first-order valence-electron chi connectivity index (χ1n) is 8.24. The highest BCUT2D eigenvalue weighted by Gasteiger charge is 2.38. The molecule has 0 aliphatic carbocycles. The van der Waals surface area contributed by atoms with Crippen LogP contribution >= 0.6 is 11.6 Å². The molecule has 138 valence electrons. The lowest BCUT2D eigenvalue weighted by molar-refractivity contribution is -0.925. The molecule has 1 N–H and O–H groups in total. The lowest BCUT2D eigenvalue weighted by Gasteiger charge is -2.33. The van der Waals surface area contributed by atoms with Gasteiger partial charge in [0.25, 0.3) is 0 Å². The number of halogens is 1. The Morgan fingerprint density at radius 3 is 2.36 bits per heavy atom. The van der Waals surface area contributed by atoms with E-state index in [4.69, 9.17) is 11.6 Å². The lowest BCUT2D eigenvalue weighted by atomic mass is 10.2. The SMILES string of the molecule is O=S1(=O)CC[C@H]([NH+]2CCN(S(=O)(=O)/C=C/c3ccc(Cl)cc3)CC2)C1. The first-order valence-corrected chi connectivity index (χ1v) is 11.9. The fourth-order valence-corrected chi connectivity index (χ4v) is 6.52. The van der Waals surface area contributed by atoms with Crippen LogP contribution in [0.4, 0.5) is 0 Å². The molecule has 0 amide bonds. The van der Waals surface area contributed by atoms with Gasteiger partial charge < -0.3 is 4.90 Å². The van der Waals surface area contributed by atoms with Crippen LogP contribution in [-0.2, 0) is 19.9 Å². The molecule has 2 saturated heterocycles. The maximum absolute atomic E-state index is 12.5. The fourth-order valence-electron chi connectivity index (χ4n) is 3.38. The lowest BCUT2D eigenvalue weighted by Crippen LogP contribution is -3.18. The number of nitrogens with zero attached hydrogens (tertiary/aromatic N) is 1. The maximum Gasteiger partial charge on any atom is 0.236 e. The number of sulfone groups is 1. The quantitative estimate of drug-likeness (QED) is 0.766. The summed E-state index contributed by atoms with van der Waals surface area (Å²) in [5.41, 5.74) is 0.772. The van der Waals surface area contributed by atoms with Crippen molar-refractivity contribution in [1.82, 2.24) is 4.31 Å². The number of sulfonamides is 1. The summed E-state index contributed by atoms with van der Waals surface area (Å²) in [7, 11) is -6.38. The largest absolute Gasteiger partial charge is 0.329 e. The normalized spacial score (nSPS) is 25.6. The Kier molecular flexibility index (Phi) is 5.55. The van der Waals surface area contributed by atoms with Crippen LogP contribution < -0.4 is 4.90 Å². The minimum absolute atomic E-state index is 0.111. The third-order valence-electron chi connectivity index (χ3n) is 4.84. The first kappa shape index (κ1) is 18.8. The molecule has 2 fully saturated rings. The molecule has 2 aliphatic rings. The summed E-state index contributed by atoms with van der Waals surface area (Å²) in [6.45, 7) is 2.13. The number of benzene rings is 1. The Hall–Kier alpha value is -0.930. The molecule has 3 rings (SSSR count). The summed E-state index contributed by atoms with van der Waals surface area (Å²) >= 11 is 5.82. The Bertz CT molecular complexity index is 843. The van der Waals surface area contributed by atoms with Gasteiger partial charge in [0, 0.05) is 16.9 Å². The van der Waals surface area contributed by atoms with Crippen molar-refractivity contribution >= 4 is 37.5 Å². The smallest absolute Gasteiger partial charge is 0.236 e. The predicted molar refractivity (Wildman–Crippen MR) is 98.7 cm³/mol.